The van der Waals surface area contributed by atoms with E-state index in [9.17, 15) is 9.59 Å². The van der Waals surface area contributed by atoms with Crippen molar-refractivity contribution in [3.63, 3.8) is 0 Å². The Kier molecular flexibility index (Phi) is 8.04. The lowest BCUT2D eigenvalue weighted by Gasteiger charge is -2.44. The molecule has 12 heteroatoms. The zero-order chi connectivity index (χ0) is 27.7. The van der Waals surface area contributed by atoms with Crippen LogP contribution < -0.4 is 29.9 Å². The van der Waals surface area contributed by atoms with Gasteiger partial charge in [-0.05, 0) is 38.2 Å². The first kappa shape index (κ1) is 27.3. The first-order valence-corrected chi connectivity index (χ1v) is 13.9. The number of benzene rings is 1. The standard InChI is InChI=1S/C27H32Cl2N6O4/c1-4-21(36)31-17-10-5-6-11-18(17)32-26-30-13-15-14-34(27(37)35(25(15)33-26)16-8-7-9-16)24-22(28)19(38-2)12-20(39-3)23(24)29/h4,12-13,16-18H,1,5-11,14H2,2-3H3,(H,31,36)(H,30,32,33). The Morgan fingerprint density at radius 1 is 1.08 bits per heavy atom. The monoisotopic (exact) mass is 574 g/mol. The van der Waals surface area contributed by atoms with Crippen LogP contribution in [0.25, 0.3) is 0 Å². The molecule has 0 radical (unpaired) electrons. The van der Waals surface area contributed by atoms with Crippen LogP contribution >= 0.6 is 23.2 Å². The minimum atomic E-state index is -0.273. The molecule has 2 N–H and O–H groups in total. The molecule has 5 rings (SSSR count). The molecule has 0 spiro atoms. The molecular weight excluding hydrogens is 543 g/mol. The van der Waals surface area contributed by atoms with Crippen molar-refractivity contribution < 1.29 is 19.1 Å². The summed E-state index contributed by atoms with van der Waals surface area (Å²) in [6, 6.07) is 1.23. The van der Waals surface area contributed by atoms with E-state index in [1.807, 2.05) is 0 Å². The Morgan fingerprint density at radius 2 is 1.74 bits per heavy atom. The van der Waals surface area contributed by atoms with E-state index in [4.69, 9.17) is 37.7 Å². The Hall–Kier alpha value is -3.24. The van der Waals surface area contributed by atoms with Gasteiger partial charge in [0.05, 0.1) is 26.5 Å². The molecule has 1 aromatic carbocycles. The molecule has 3 amide bonds. The Morgan fingerprint density at radius 3 is 2.33 bits per heavy atom. The summed E-state index contributed by atoms with van der Waals surface area (Å²) >= 11 is 13.4. The number of halogens is 2. The molecule has 208 valence electrons. The molecule has 0 saturated heterocycles. The highest BCUT2D eigenvalue weighted by Gasteiger charge is 2.41. The molecule has 2 atom stereocenters. The first-order valence-electron chi connectivity index (χ1n) is 13.1. The van der Waals surface area contributed by atoms with Crippen molar-refractivity contribution in [2.45, 2.75) is 69.6 Å². The summed E-state index contributed by atoms with van der Waals surface area (Å²) in [5.41, 5.74) is 1.08. The molecule has 39 heavy (non-hydrogen) atoms. The number of carbonyl (C=O) groups is 2. The largest absolute Gasteiger partial charge is 0.495 e. The summed E-state index contributed by atoms with van der Waals surface area (Å²) in [6.45, 7) is 3.73. The number of rotatable bonds is 8. The number of anilines is 3. The van der Waals surface area contributed by atoms with Crippen LogP contribution in [-0.4, -0.2) is 54.3 Å². The van der Waals surface area contributed by atoms with Crippen LogP contribution in [-0.2, 0) is 11.3 Å². The number of hydrogen-bond donors (Lipinski definition) is 2. The van der Waals surface area contributed by atoms with E-state index < -0.39 is 0 Å². The van der Waals surface area contributed by atoms with E-state index in [1.165, 1.54) is 25.2 Å². The molecular formula is C27H32Cl2N6O4. The number of ether oxygens (including phenoxy) is 2. The lowest BCUT2D eigenvalue weighted by Crippen LogP contribution is -2.54. The Bertz CT molecular complexity index is 1260. The fraction of sp³-hybridized carbons (Fsp3) is 0.481. The van der Waals surface area contributed by atoms with Crippen LogP contribution in [0, 0.1) is 0 Å². The van der Waals surface area contributed by atoms with Crippen LogP contribution in [0.5, 0.6) is 11.5 Å². The van der Waals surface area contributed by atoms with E-state index >= 15 is 0 Å². The molecule has 2 aliphatic carbocycles. The number of hydrogen-bond acceptors (Lipinski definition) is 7. The van der Waals surface area contributed by atoms with Gasteiger partial charge in [0, 0.05) is 36.0 Å². The second-order valence-electron chi connectivity index (χ2n) is 9.98. The predicted octanol–water partition coefficient (Wildman–Crippen LogP) is 5.33. The van der Waals surface area contributed by atoms with Gasteiger partial charge >= 0.3 is 6.03 Å². The minimum Gasteiger partial charge on any atom is -0.495 e. The lowest BCUT2D eigenvalue weighted by atomic mass is 9.90. The molecule has 3 aliphatic rings. The summed E-state index contributed by atoms with van der Waals surface area (Å²) < 4.78 is 10.9. The van der Waals surface area contributed by atoms with Crippen molar-refractivity contribution in [3.8, 4) is 11.5 Å². The second-order valence-corrected chi connectivity index (χ2v) is 10.7. The minimum absolute atomic E-state index is 0.00108. The number of urea groups is 1. The van der Waals surface area contributed by atoms with Gasteiger partial charge in [-0.15, -0.1) is 0 Å². The zero-order valence-electron chi connectivity index (χ0n) is 22.0. The van der Waals surface area contributed by atoms with Crippen LogP contribution in [0.3, 0.4) is 0 Å². The van der Waals surface area contributed by atoms with E-state index in [0.717, 1.165) is 50.5 Å². The number of fused-ring (bicyclic) bond motifs is 1. The average molecular weight is 575 g/mol. The van der Waals surface area contributed by atoms with E-state index in [0.29, 0.717) is 29.0 Å². The molecule has 2 heterocycles. The highest BCUT2D eigenvalue weighted by atomic mass is 35.5. The molecule has 1 aliphatic heterocycles. The van der Waals surface area contributed by atoms with Gasteiger partial charge < -0.3 is 20.1 Å². The van der Waals surface area contributed by atoms with Crippen LogP contribution in [0.4, 0.5) is 22.2 Å². The third-order valence-corrected chi connectivity index (χ3v) is 8.42. The zero-order valence-corrected chi connectivity index (χ0v) is 23.5. The fourth-order valence-corrected chi connectivity index (χ4v) is 6.09. The molecule has 2 fully saturated rings. The highest BCUT2D eigenvalue weighted by molar-refractivity contribution is 6.42. The summed E-state index contributed by atoms with van der Waals surface area (Å²) in [6.07, 6.45) is 9.58. The molecule has 2 unspecified atom stereocenters. The Labute approximate surface area is 237 Å². The average Bonchev–Trinajstić information content (AvgIpc) is 2.91. The maximum atomic E-state index is 14.0. The van der Waals surface area contributed by atoms with Crippen molar-refractivity contribution in [3.05, 3.63) is 40.5 Å². The first-order chi connectivity index (χ1) is 18.9. The topological polar surface area (TPSA) is 109 Å². The summed E-state index contributed by atoms with van der Waals surface area (Å²) in [7, 11) is 2.99. The number of nitrogens with zero attached hydrogens (tertiary/aromatic N) is 4. The SMILES string of the molecule is C=CC(=O)NC1CCCCC1Nc1ncc2c(n1)N(C1CCC1)C(=O)N(c1c(Cl)c(OC)cc(OC)c1Cl)C2. The van der Waals surface area contributed by atoms with Crippen molar-refractivity contribution in [2.24, 2.45) is 0 Å². The lowest BCUT2D eigenvalue weighted by molar-refractivity contribution is -0.117. The quantitative estimate of drug-likeness (QED) is 0.410. The summed E-state index contributed by atoms with van der Waals surface area (Å²) in [5.74, 6) is 1.49. The normalized spacial score (nSPS) is 21.1. The number of aromatic nitrogens is 2. The van der Waals surface area contributed by atoms with Crippen LogP contribution in [0.2, 0.25) is 10.0 Å². The molecule has 2 saturated carbocycles. The van der Waals surface area contributed by atoms with Gasteiger partial charge in [-0.1, -0.05) is 42.6 Å². The van der Waals surface area contributed by atoms with Crippen LogP contribution in [0.1, 0.15) is 50.5 Å². The fourth-order valence-electron chi connectivity index (χ4n) is 5.39. The maximum absolute atomic E-state index is 14.0. The predicted molar refractivity (Wildman–Crippen MR) is 151 cm³/mol. The Balaban J connectivity index is 1.49. The van der Waals surface area contributed by atoms with Gasteiger partial charge in [0.25, 0.3) is 0 Å². The highest BCUT2D eigenvalue weighted by Crippen LogP contribution is 2.48. The van der Waals surface area contributed by atoms with Crippen LogP contribution in [0.15, 0.2) is 24.9 Å². The summed E-state index contributed by atoms with van der Waals surface area (Å²) in [5, 5.41) is 6.87. The maximum Gasteiger partial charge on any atom is 0.330 e. The van der Waals surface area contributed by atoms with Gasteiger partial charge in [0.15, 0.2) is 0 Å². The van der Waals surface area contributed by atoms with Crippen molar-refractivity contribution in [2.75, 3.05) is 29.3 Å². The van der Waals surface area contributed by atoms with E-state index in [1.54, 1.807) is 17.2 Å². The number of amides is 3. The molecule has 0 bridgehead atoms. The molecule has 10 nitrogen and oxygen atoms in total. The summed E-state index contributed by atoms with van der Waals surface area (Å²) in [4.78, 5) is 38.7. The third-order valence-electron chi connectivity index (χ3n) is 7.69. The van der Waals surface area contributed by atoms with Gasteiger partial charge in [-0.2, -0.15) is 4.98 Å². The van der Waals surface area contributed by atoms with Gasteiger partial charge in [0.1, 0.15) is 27.4 Å². The van der Waals surface area contributed by atoms with Gasteiger partial charge in [-0.25, -0.2) is 9.78 Å². The molecule has 1 aromatic heterocycles. The number of nitrogens with one attached hydrogen (secondary N) is 2. The number of methoxy groups -OCH3 is 2. The smallest absolute Gasteiger partial charge is 0.330 e. The van der Waals surface area contributed by atoms with Crippen molar-refractivity contribution >= 4 is 52.6 Å². The second kappa shape index (κ2) is 11.5. The molecule has 2 aromatic rings. The van der Waals surface area contributed by atoms with Gasteiger partial charge in [0.2, 0.25) is 11.9 Å². The van der Waals surface area contributed by atoms with Crippen molar-refractivity contribution in [1.29, 1.82) is 0 Å². The van der Waals surface area contributed by atoms with Crippen molar-refractivity contribution in [1.82, 2.24) is 15.3 Å². The third kappa shape index (κ3) is 5.19. The van der Waals surface area contributed by atoms with Gasteiger partial charge in [-0.3, -0.25) is 14.6 Å². The number of carbonyl (C=O) groups excluding carboxylic acids is 2. The van der Waals surface area contributed by atoms with E-state index in [2.05, 4.69) is 22.2 Å². The van der Waals surface area contributed by atoms with E-state index in [-0.39, 0.29) is 46.7 Å².